The molecule has 0 aromatic carbocycles. The Morgan fingerprint density at radius 3 is 2.86 bits per heavy atom. The molecule has 0 spiro atoms. The number of methoxy groups -OCH3 is 1. The fourth-order valence-corrected chi connectivity index (χ4v) is 5.72. The van der Waals surface area contributed by atoms with Crippen LogP contribution >= 0.6 is 0 Å². The topological polar surface area (TPSA) is 124 Å². The Bertz CT molecular complexity index is 1340. The van der Waals surface area contributed by atoms with Crippen LogP contribution in [0.25, 0.3) is 5.65 Å². The summed E-state index contributed by atoms with van der Waals surface area (Å²) < 4.78 is 14.4. The van der Waals surface area contributed by atoms with Crippen LogP contribution in [0, 0.1) is 11.8 Å². The zero-order valence-electron chi connectivity index (χ0n) is 20.4. The predicted molar refractivity (Wildman–Crippen MR) is 134 cm³/mol. The molecule has 6 rings (SSSR count). The number of amides is 1. The van der Waals surface area contributed by atoms with Crippen molar-refractivity contribution >= 4 is 28.9 Å². The van der Waals surface area contributed by atoms with Gasteiger partial charge in [0.2, 0.25) is 0 Å². The fraction of sp³-hybridized carbons (Fsp3) is 0.520. The maximum absolute atomic E-state index is 13.2. The number of hydrogen-bond acceptors (Lipinski definition) is 8. The number of rotatable bonds is 7. The molecular weight excluding hydrogens is 462 g/mol. The first-order valence-corrected chi connectivity index (χ1v) is 12.5. The Hall–Kier alpha value is -3.44. The Morgan fingerprint density at radius 2 is 2.08 bits per heavy atom. The molecule has 11 heteroatoms. The third-order valence-corrected chi connectivity index (χ3v) is 7.73. The van der Waals surface area contributed by atoms with Crippen LogP contribution in [0.4, 0.5) is 17.3 Å². The van der Waals surface area contributed by atoms with Gasteiger partial charge in [-0.2, -0.15) is 9.61 Å². The van der Waals surface area contributed by atoms with Gasteiger partial charge in [0.15, 0.2) is 5.65 Å². The van der Waals surface area contributed by atoms with Crippen molar-refractivity contribution in [2.24, 2.45) is 11.8 Å². The predicted octanol–water partition coefficient (Wildman–Crippen LogP) is 2.18. The van der Waals surface area contributed by atoms with Crippen LogP contribution < -0.4 is 21.5 Å². The molecular formula is C25H31N7O4. The standard InChI is InChI=1S/C25H31N7O4/c1-26-21-10-20(29-19-7-4-8-31(25(19)34)22-17-12-36-13-18(17)22)30-23-16(11-27-32(21)23)24(33)28-14-5-3-6-15(9-14)35-2/h4,7-8,10-11,14-15,17-18,22,26H,3,5-6,9,12-13H2,1-2H3,(H,28,33)(H,29,30)/t14?,15-,17-,18+,22?/m0/s1. The van der Waals surface area contributed by atoms with Crippen LogP contribution in [0.15, 0.2) is 35.4 Å². The van der Waals surface area contributed by atoms with Crippen molar-refractivity contribution in [1.29, 1.82) is 0 Å². The summed E-state index contributed by atoms with van der Waals surface area (Å²) in [5.41, 5.74) is 1.12. The first-order valence-electron chi connectivity index (χ1n) is 12.5. The van der Waals surface area contributed by atoms with Gasteiger partial charge in [0.1, 0.15) is 22.9 Å². The molecule has 1 amide bonds. The Kier molecular flexibility index (Phi) is 5.88. The summed E-state index contributed by atoms with van der Waals surface area (Å²) in [6.45, 7) is 1.42. The van der Waals surface area contributed by atoms with Crippen LogP contribution in [0.5, 0.6) is 0 Å². The summed E-state index contributed by atoms with van der Waals surface area (Å²) in [6.07, 6.45) is 7.26. The molecule has 4 heterocycles. The SMILES string of the molecule is CNc1cc(Nc2cccn(C3[C@H]4COC[C@@H]34)c2=O)nc2c(C(=O)NC3CCC[C@H](OC)C3)cnn12. The van der Waals surface area contributed by atoms with Crippen LogP contribution in [-0.4, -0.2) is 64.6 Å². The van der Waals surface area contributed by atoms with E-state index in [4.69, 9.17) is 9.47 Å². The van der Waals surface area contributed by atoms with E-state index in [-0.39, 0.29) is 29.7 Å². The second kappa shape index (κ2) is 9.21. The summed E-state index contributed by atoms with van der Waals surface area (Å²) in [5, 5.41) is 13.8. The third kappa shape index (κ3) is 4.01. The van der Waals surface area contributed by atoms with Gasteiger partial charge in [0.25, 0.3) is 11.5 Å². The number of fused-ring (bicyclic) bond motifs is 2. The number of anilines is 3. The number of nitrogens with one attached hydrogen (secondary N) is 3. The molecule has 3 aromatic heterocycles. The number of hydrogen-bond donors (Lipinski definition) is 3. The van der Waals surface area contributed by atoms with Crippen molar-refractivity contribution in [3.63, 3.8) is 0 Å². The summed E-state index contributed by atoms with van der Waals surface area (Å²) in [5.74, 6) is 1.71. The highest BCUT2D eigenvalue weighted by molar-refractivity contribution is 6.00. The second-order valence-corrected chi connectivity index (χ2v) is 9.88. The number of aromatic nitrogens is 4. The highest BCUT2D eigenvalue weighted by Crippen LogP contribution is 2.53. The van der Waals surface area contributed by atoms with E-state index in [0.717, 1.165) is 25.7 Å². The lowest BCUT2D eigenvalue weighted by Crippen LogP contribution is -2.40. The molecule has 2 aliphatic carbocycles. The largest absolute Gasteiger partial charge is 0.381 e. The second-order valence-electron chi connectivity index (χ2n) is 9.88. The van der Waals surface area contributed by atoms with Crippen LogP contribution in [0.3, 0.4) is 0 Å². The minimum atomic E-state index is -0.219. The first kappa shape index (κ1) is 23.0. The van der Waals surface area contributed by atoms with Gasteiger partial charge < -0.3 is 30.0 Å². The molecule has 2 unspecified atom stereocenters. The molecule has 36 heavy (non-hydrogen) atoms. The molecule has 0 radical (unpaired) electrons. The highest BCUT2D eigenvalue weighted by atomic mass is 16.5. The Morgan fingerprint density at radius 1 is 1.25 bits per heavy atom. The Balaban J connectivity index is 1.27. The van der Waals surface area contributed by atoms with Crippen molar-refractivity contribution < 1.29 is 14.3 Å². The molecule has 1 aliphatic heterocycles. The molecule has 3 aliphatic rings. The smallest absolute Gasteiger partial charge is 0.274 e. The van der Waals surface area contributed by atoms with Gasteiger partial charge in [-0.25, -0.2) is 4.98 Å². The van der Waals surface area contributed by atoms with E-state index in [1.54, 1.807) is 35.4 Å². The van der Waals surface area contributed by atoms with E-state index in [1.807, 2.05) is 12.3 Å². The molecule has 11 nitrogen and oxygen atoms in total. The number of carbonyl (C=O) groups is 1. The summed E-state index contributed by atoms with van der Waals surface area (Å²) in [4.78, 5) is 31.1. The average Bonchev–Trinajstić information content (AvgIpc) is 3.21. The van der Waals surface area contributed by atoms with E-state index in [2.05, 4.69) is 26.0 Å². The number of pyridine rings is 1. The van der Waals surface area contributed by atoms with Crippen molar-refractivity contribution in [3.8, 4) is 0 Å². The van der Waals surface area contributed by atoms with Crippen molar-refractivity contribution in [3.05, 3.63) is 46.5 Å². The summed E-state index contributed by atoms with van der Waals surface area (Å²) in [6, 6.07) is 5.62. The van der Waals surface area contributed by atoms with Gasteiger partial charge in [0, 0.05) is 50.3 Å². The maximum atomic E-state index is 13.2. The minimum absolute atomic E-state index is 0.0475. The number of carbonyl (C=O) groups excluding carboxylic acids is 1. The van der Waals surface area contributed by atoms with Gasteiger partial charge in [-0.05, 0) is 37.8 Å². The molecule has 3 aromatic rings. The minimum Gasteiger partial charge on any atom is -0.381 e. The molecule has 3 fully saturated rings. The lowest BCUT2D eigenvalue weighted by atomic mass is 9.92. The van der Waals surface area contributed by atoms with Crippen LogP contribution in [0.2, 0.25) is 0 Å². The Labute approximate surface area is 208 Å². The normalized spacial score (nSPS) is 27.0. The third-order valence-electron chi connectivity index (χ3n) is 7.73. The molecule has 2 saturated carbocycles. The van der Waals surface area contributed by atoms with E-state index >= 15 is 0 Å². The average molecular weight is 494 g/mol. The van der Waals surface area contributed by atoms with E-state index < -0.39 is 0 Å². The van der Waals surface area contributed by atoms with Crippen molar-refractivity contribution in [2.75, 3.05) is 38.0 Å². The molecule has 0 bridgehead atoms. The van der Waals surface area contributed by atoms with E-state index in [0.29, 0.717) is 53.6 Å². The van der Waals surface area contributed by atoms with E-state index in [1.165, 1.54) is 6.20 Å². The van der Waals surface area contributed by atoms with Gasteiger partial charge in [-0.15, -0.1) is 0 Å². The van der Waals surface area contributed by atoms with Crippen LogP contribution in [-0.2, 0) is 9.47 Å². The monoisotopic (exact) mass is 493 g/mol. The summed E-state index contributed by atoms with van der Waals surface area (Å²) >= 11 is 0. The van der Waals surface area contributed by atoms with Gasteiger partial charge in [-0.1, -0.05) is 0 Å². The zero-order valence-corrected chi connectivity index (χ0v) is 20.4. The quantitative estimate of drug-likeness (QED) is 0.458. The molecule has 5 atom stereocenters. The van der Waals surface area contributed by atoms with Gasteiger partial charge in [0.05, 0.1) is 25.5 Å². The van der Waals surface area contributed by atoms with Gasteiger partial charge >= 0.3 is 0 Å². The molecule has 1 saturated heterocycles. The maximum Gasteiger partial charge on any atom is 0.274 e. The molecule has 190 valence electrons. The van der Waals surface area contributed by atoms with Crippen molar-refractivity contribution in [1.82, 2.24) is 24.5 Å². The molecule has 3 N–H and O–H groups in total. The van der Waals surface area contributed by atoms with Crippen LogP contribution in [0.1, 0.15) is 42.1 Å². The first-order chi connectivity index (χ1) is 17.6. The lowest BCUT2D eigenvalue weighted by Gasteiger charge is -2.28. The lowest BCUT2D eigenvalue weighted by molar-refractivity contribution is 0.0563. The van der Waals surface area contributed by atoms with E-state index in [9.17, 15) is 9.59 Å². The fourth-order valence-electron chi connectivity index (χ4n) is 5.72. The summed E-state index contributed by atoms with van der Waals surface area (Å²) in [7, 11) is 3.49. The van der Waals surface area contributed by atoms with Gasteiger partial charge in [-0.3, -0.25) is 9.59 Å². The van der Waals surface area contributed by atoms with Crippen molar-refractivity contribution in [2.45, 2.75) is 43.9 Å². The highest BCUT2D eigenvalue weighted by Gasteiger charge is 2.55. The zero-order chi connectivity index (χ0) is 24.8. The number of ether oxygens (including phenoxy) is 2. The number of nitrogens with zero attached hydrogens (tertiary/aromatic N) is 4.